The van der Waals surface area contributed by atoms with Crippen molar-refractivity contribution in [2.45, 2.75) is 12.1 Å². The molecule has 5 nitrogen and oxygen atoms in total. The van der Waals surface area contributed by atoms with Crippen molar-refractivity contribution in [3.63, 3.8) is 0 Å². The lowest BCUT2D eigenvalue weighted by Gasteiger charge is -2.37. The second-order valence-corrected chi connectivity index (χ2v) is 5.42. The van der Waals surface area contributed by atoms with E-state index in [4.69, 9.17) is 10.5 Å². The van der Waals surface area contributed by atoms with Crippen LogP contribution < -0.4 is 5.73 Å². The van der Waals surface area contributed by atoms with Crippen molar-refractivity contribution in [2.24, 2.45) is 5.73 Å². The Kier molecular flexibility index (Phi) is 5.11. The predicted octanol–water partition coefficient (Wildman–Crippen LogP) is 0.475. The Morgan fingerprint density at radius 3 is 2.75 bits per heavy atom. The highest BCUT2D eigenvalue weighted by Crippen LogP contribution is 2.12. The molecule has 0 aliphatic carbocycles. The highest BCUT2D eigenvalue weighted by atomic mass is 16.5. The molecular formula is C15H23N3O2. The van der Waals surface area contributed by atoms with Crippen molar-refractivity contribution in [1.29, 1.82) is 0 Å². The van der Waals surface area contributed by atoms with E-state index in [0.717, 1.165) is 25.2 Å². The number of esters is 1. The lowest BCUT2D eigenvalue weighted by Crippen LogP contribution is -2.52. The molecule has 0 radical (unpaired) electrons. The van der Waals surface area contributed by atoms with Crippen molar-refractivity contribution < 1.29 is 9.53 Å². The van der Waals surface area contributed by atoms with Crippen molar-refractivity contribution in [3.8, 4) is 0 Å². The summed E-state index contributed by atoms with van der Waals surface area (Å²) in [4.78, 5) is 16.5. The van der Waals surface area contributed by atoms with Gasteiger partial charge in [0, 0.05) is 19.6 Å². The molecule has 2 rings (SSSR count). The van der Waals surface area contributed by atoms with Gasteiger partial charge in [-0.2, -0.15) is 0 Å². The van der Waals surface area contributed by atoms with Gasteiger partial charge in [-0.25, -0.2) is 4.79 Å². The first-order valence-electron chi connectivity index (χ1n) is 6.94. The fourth-order valence-corrected chi connectivity index (χ4v) is 2.35. The van der Waals surface area contributed by atoms with E-state index in [1.165, 1.54) is 0 Å². The number of benzene rings is 1. The molecule has 1 aromatic rings. The van der Waals surface area contributed by atoms with Gasteiger partial charge < -0.3 is 15.4 Å². The molecule has 2 atom stereocenters. The highest BCUT2D eigenvalue weighted by Gasteiger charge is 2.25. The van der Waals surface area contributed by atoms with Crippen LogP contribution >= 0.6 is 0 Å². The SMILES string of the molecule is CN1CCN(C)[C@@H](COC(=O)C(N)c2ccccc2)C1. The molecule has 1 unspecified atom stereocenters. The second kappa shape index (κ2) is 6.83. The van der Waals surface area contributed by atoms with Gasteiger partial charge in [0.25, 0.3) is 0 Å². The molecule has 110 valence electrons. The van der Waals surface area contributed by atoms with Gasteiger partial charge in [0.1, 0.15) is 12.6 Å². The van der Waals surface area contributed by atoms with Crippen LogP contribution in [0.5, 0.6) is 0 Å². The first-order chi connectivity index (χ1) is 9.58. The van der Waals surface area contributed by atoms with Crippen LogP contribution in [0.4, 0.5) is 0 Å². The second-order valence-electron chi connectivity index (χ2n) is 5.42. The minimum Gasteiger partial charge on any atom is -0.463 e. The fourth-order valence-electron chi connectivity index (χ4n) is 2.35. The summed E-state index contributed by atoms with van der Waals surface area (Å²) in [6.07, 6.45) is 0. The Bertz CT molecular complexity index is 438. The Morgan fingerprint density at radius 2 is 2.05 bits per heavy atom. The van der Waals surface area contributed by atoms with E-state index < -0.39 is 6.04 Å². The molecule has 1 aromatic carbocycles. The standard InChI is InChI=1S/C15H23N3O2/c1-17-8-9-18(2)13(10-17)11-20-15(19)14(16)12-6-4-3-5-7-12/h3-7,13-14H,8-11,16H2,1-2H3/t13-,14?/m1/s1. The molecule has 0 aromatic heterocycles. The molecule has 0 amide bonds. The van der Waals surface area contributed by atoms with Gasteiger partial charge in [-0.05, 0) is 19.7 Å². The van der Waals surface area contributed by atoms with Crippen LogP contribution in [0.15, 0.2) is 30.3 Å². The van der Waals surface area contributed by atoms with Gasteiger partial charge in [-0.15, -0.1) is 0 Å². The zero-order valence-electron chi connectivity index (χ0n) is 12.2. The molecule has 20 heavy (non-hydrogen) atoms. The summed E-state index contributed by atoms with van der Waals surface area (Å²) in [6, 6.07) is 8.84. The molecule has 1 heterocycles. The summed E-state index contributed by atoms with van der Waals surface area (Å²) >= 11 is 0. The Balaban J connectivity index is 1.85. The zero-order chi connectivity index (χ0) is 14.5. The first kappa shape index (κ1) is 15.0. The van der Waals surface area contributed by atoms with E-state index in [1.807, 2.05) is 30.3 Å². The molecule has 0 bridgehead atoms. The van der Waals surface area contributed by atoms with E-state index in [1.54, 1.807) is 0 Å². The first-order valence-corrected chi connectivity index (χ1v) is 6.94. The summed E-state index contributed by atoms with van der Waals surface area (Å²) < 4.78 is 5.38. The summed E-state index contributed by atoms with van der Waals surface area (Å²) in [5.41, 5.74) is 6.70. The Morgan fingerprint density at radius 1 is 1.35 bits per heavy atom. The average molecular weight is 277 g/mol. The third-order valence-corrected chi connectivity index (χ3v) is 3.81. The average Bonchev–Trinajstić information content (AvgIpc) is 2.48. The van der Waals surface area contributed by atoms with Crippen molar-refractivity contribution in [1.82, 2.24) is 9.80 Å². The van der Waals surface area contributed by atoms with Gasteiger partial charge in [0.2, 0.25) is 0 Å². The maximum absolute atomic E-state index is 12.0. The number of likely N-dealkylation sites (N-methyl/N-ethyl adjacent to an activating group) is 2. The number of nitrogens with two attached hydrogens (primary N) is 1. The molecule has 2 N–H and O–H groups in total. The largest absolute Gasteiger partial charge is 0.463 e. The van der Waals surface area contributed by atoms with Crippen LogP contribution in [0.1, 0.15) is 11.6 Å². The predicted molar refractivity (Wildman–Crippen MR) is 78.2 cm³/mol. The van der Waals surface area contributed by atoms with Crippen molar-refractivity contribution >= 4 is 5.97 Å². The number of ether oxygens (including phenoxy) is 1. The molecular weight excluding hydrogens is 254 g/mol. The minimum atomic E-state index is -0.706. The number of piperazine rings is 1. The van der Waals surface area contributed by atoms with Gasteiger partial charge in [-0.3, -0.25) is 4.90 Å². The molecule has 5 heteroatoms. The van der Waals surface area contributed by atoms with Gasteiger partial charge in [0.05, 0.1) is 6.04 Å². The third kappa shape index (κ3) is 3.79. The molecule has 0 saturated carbocycles. The Labute approximate surface area is 120 Å². The minimum absolute atomic E-state index is 0.237. The lowest BCUT2D eigenvalue weighted by atomic mass is 10.1. The lowest BCUT2D eigenvalue weighted by molar-refractivity contribution is -0.147. The summed E-state index contributed by atoms with van der Waals surface area (Å²) in [6.45, 7) is 3.33. The van der Waals surface area contributed by atoms with E-state index in [-0.39, 0.29) is 12.0 Å². The topological polar surface area (TPSA) is 58.8 Å². The monoisotopic (exact) mass is 277 g/mol. The summed E-state index contributed by atoms with van der Waals surface area (Å²) in [5, 5.41) is 0. The van der Waals surface area contributed by atoms with E-state index >= 15 is 0 Å². The third-order valence-electron chi connectivity index (χ3n) is 3.81. The quantitative estimate of drug-likeness (QED) is 0.811. The summed E-state index contributed by atoms with van der Waals surface area (Å²) in [5.74, 6) is -0.363. The van der Waals surface area contributed by atoms with E-state index in [2.05, 4.69) is 23.9 Å². The molecule has 1 aliphatic heterocycles. The number of carbonyl (C=O) groups excluding carboxylic acids is 1. The van der Waals surface area contributed by atoms with Crippen LogP contribution in [-0.4, -0.2) is 62.1 Å². The van der Waals surface area contributed by atoms with Crippen LogP contribution in [-0.2, 0) is 9.53 Å². The number of carbonyl (C=O) groups is 1. The van der Waals surface area contributed by atoms with Crippen LogP contribution in [0.2, 0.25) is 0 Å². The van der Waals surface area contributed by atoms with Gasteiger partial charge in [-0.1, -0.05) is 30.3 Å². The van der Waals surface area contributed by atoms with Crippen molar-refractivity contribution in [3.05, 3.63) is 35.9 Å². The maximum Gasteiger partial charge on any atom is 0.327 e. The van der Waals surface area contributed by atoms with Gasteiger partial charge >= 0.3 is 5.97 Å². The molecule has 1 saturated heterocycles. The number of nitrogens with zero attached hydrogens (tertiary/aromatic N) is 2. The van der Waals surface area contributed by atoms with Crippen LogP contribution in [0, 0.1) is 0 Å². The van der Waals surface area contributed by atoms with E-state index in [9.17, 15) is 4.79 Å². The fraction of sp³-hybridized carbons (Fsp3) is 0.533. The van der Waals surface area contributed by atoms with Crippen LogP contribution in [0.3, 0.4) is 0 Å². The van der Waals surface area contributed by atoms with E-state index in [0.29, 0.717) is 6.61 Å². The van der Waals surface area contributed by atoms with Crippen LogP contribution in [0.25, 0.3) is 0 Å². The highest BCUT2D eigenvalue weighted by molar-refractivity contribution is 5.77. The Hall–Kier alpha value is -1.43. The smallest absolute Gasteiger partial charge is 0.327 e. The molecule has 0 spiro atoms. The number of rotatable bonds is 4. The normalized spacial score (nSPS) is 22.4. The zero-order valence-corrected chi connectivity index (χ0v) is 12.2. The molecule has 1 aliphatic rings. The maximum atomic E-state index is 12.0. The van der Waals surface area contributed by atoms with Crippen molar-refractivity contribution in [2.75, 3.05) is 40.3 Å². The van der Waals surface area contributed by atoms with Gasteiger partial charge in [0.15, 0.2) is 0 Å². The number of hydrogen-bond donors (Lipinski definition) is 1. The summed E-state index contributed by atoms with van der Waals surface area (Å²) in [7, 11) is 4.14. The number of hydrogen-bond acceptors (Lipinski definition) is 5. The molecule has 1 fully saturated rings.